The summed E-state index contributed by atoms with van der Waals surface area (Å²) in [6.45, 7) is 2.28. The molecule has 2 unspecified atom stereocenters. The van der Waals surface area contributed by atoms with E-state index in [1.807, 2.05) is 25.2 Å². The topological polar surface area (TPSA) is 46.2 Å². The van der Waals surface area contributed by atoms with Crippen LogP contribution in [0, 0.1) is 5.92 Å². The highest BCUT2D eigenvalue weighted by molar-refractivity contribution is 5.22. The zero-order valence-electron chi connectivity index (χ0n) is 7.53. The molecule has 68 valence electrons. The molecule has 0 heterocycles. The van der Waals surface area contributed by atoms with Crippen LogP contribution in [0.1, 0.15) is 19.8 Å². The molecule has 0 bridgehead atoms. The molecule has 2 nitrogen and oxygen atoms in total. The molecule has 0 aliphatic heterocycles. The largest absolute Gasteiger partial charge is 0.396 e. The number of hydrogen-bond acceptors (Lipinski definition) is 2. The predicted octanol–water partition coefficient (Wildman–Crippen LogP) is 1.22. The number of allylic oxidation sites excluding steroid dienone is 2. The van der Waals surface area contributed by atoms with Gasteiger partial charge in [0.15, 0.2) is 0 Å². The van der Waals surface area contributed by atoms with Crippen LogP contribution in [0.5, 0.6) is 0 Å². The summed E-state index contributed by atoms with van der Waals surface area (Å²) in [5, 5.41) is 8.68. The van der Waals surface area contributed by atoms with Crippen molar-refractivity contribution in [2.24, 2.45) is 11.7 Å². The third-order valence-corrected chi connectivity index (χ3v) is 2.38. The third-order valence-electron chi connectivity index (χ3n) is 2.38. The van der Waals surface area contributed by atoms with E-state index in [4.69, 9.17) is 10.8 Å². The average Bonchev–Trinajstić information content (AvgIpc) is 2.02. The van der Waals surface area contributed by atoms with E-state index in [1.165, 1.54) is 0 Å². The fourth-order valence-corrected chi connectivity index (χ4v) is 1.51. The highest BCUT2D eigenvalue weighted by Crippen LogP contribution is 2.25. The van der Waals surface area contributed by atoms with E-state index in [-0.39, 0.29) is 12.1 Å². The molecule has 1 rings (SSSR count). The van der Waals surface area contributed by atoms with Gasteiger partial charge in [-0.25, -0.2) is 0 Å². The molecule has 2 heteroatoms. The molecule has 2 atom stereocenters. The minimum absolute atomic E-state index is 0.232. The molecule has 0 radical (unpaired) electrons. The first-order valence-electron chi connectivity index (χ1n) is 4.42. The lowest BCUT2D eigenvalue weighted by atomic mass is 9.80. The van der Waals surface area contributed by atoms with Gasteiger partial charge >= 0.3 is 0 Å². The first-order valence-corrected chi connectivity index (χ1v) is 4.42. The van der Waals surface area contributed by atoms with E-state index < -0.39 is 0 Å². The molecular formula is C10H17NO. The molecule has 12 heavy (non-hydrogen) atoms. The highest BCUT2D eigenvalue weighted by Gasteiger charge is 2.25. The highest BCUT2D eigenvalue weighted by atomic mass is 16.2. The Hall–Kier alpha value is -0.600. The Bertz CT molecular complexity index is 194. The number of aliphatic hydroxyl groups is 1. The van der Waals surface area contributed by atoms with Gasteiger partial charge in [0.05, 0.1) is 0 Å². The van der Waals surface area contributed by atoms with E-state index >= 15 is 0 Å². The maximum atomic E-state index is 8.68. The minimum atomic E-state index is -0.232. The quantitative estimate of drug-likeness (QED) is 0.664. The lowest BCUT2D eigenvalue weighted by Crippen LogP contribution is -2.42. The van der Waals surface area contributed by atoms with Crippen LogP contribution in [0.15, 0.2) is 24.3 Å². The van der Waals surface area contributed by atoms with E-state index in [0.29, 0.717) is 5.92 Å². The Labute approximate surface area is 73.8 Å². The first-order chi connectivity index (χ1) is 5.67. The standard InChI is InChI=1S/C10H17NO/c1-10(11)7-3-2-5-9(10)6-4-8-12/h2-3,5,7,9,12H,4,6,8,11H2,1H3. The van der Waals surface area contributed by atoms with Gasteiger partial charge in [0.1, 0.15) is 0 Å². The van der Waals surface area contributed by atoms with Gasteiger partial charge in [-0.15, -0.1) is 0 Å². The Morgan fingerprint density at radius 1 is 1.50 bits per heavy atom. The van der Waals surface area contributed by atoms with Crippen molar-refractivity contribution in [2.45, 2.75) is 25.3 Å². The van der Waals surface area contributed by atoms with Crippen LogP contribution in [0.2, 0.25) is 0 Å². The minimum Gasteiger partial charge on any atom is -0.396 e. The molecule has 0 aromatic carbocycles. The molecular weight excluding hydrogens is 150 g/mol. The number of nitrogens with two attached hydrogens (primary N) is 1. The van der Waals surface area contributed by atoms with Crippen LogP contribution in [0.25, 0.3) is 0 Å². The fourth-order valence-electron chi connectivity index (χ4n) is 1.51. The summed E-state index contributed by atoms with van der Waals surface area (Å²) in [4.78, 5) is 0. The Balaban J connectivity index is 2.52. The lowest BCUT2D eigenvalue weighted by molar-refractivity contribution is 0.265. The molecule has 1 aliphatic carbocycles. The van der Waals surface area contributed by atoms with Gasteiger partial charge in [0.2, 0.25) is 0 Å². The van der Waals surface area contributed by atoms with Crippen LogP contribution in [-0.4, -0.2) is 17.3 Å². The number of hydrogen-bond donors (Lipinski definition) is 2. The Morgan fingerprint density at radius 3 is 2.83 bits per heavy atom. The van der Waals surface area contributed by atoms with Crippen molar-refractivity contribution in [3.8, 4) is 0 Å². The Kier molecular flexibility index (Phi) is 3.06. The van der Waals surface area contributed by atoms with Gasteiger partial charge in [0.25, 0.3) is 0 Å². The van der Waals surface area contributed by atoms with Gasteiger partial charge in [-0.2, -0.15) is 0 Å². The Morgan fingerprint density at radius 2 is 2.25 bits per heavy atom. The zero-order chi connectivity index (χ0) is 9.03. The van der Waals surface area contributed by atoms with Crippen molar-refractivity contribution in [3.63, 3.8) is 0 Å². The average molecular weight is 167 g/mol. The second-order valence-corrected chi connectivity index (χ2v) is 3.58. The summed E-state index contributed by atoms with van der Waals surface area (Å²) in [5.41, 5.74) is 5.81. The summed E-state index contributed by atoms with van der Waals surface area (Å²) in [6.07, 6.45) is 9.94. The van der Waals surface area contributed by atoms with Gasteiger partial charge in [-0.1, -0.05) is 24.3 Å². The van der Waals surface area contributed by atoms with E-state index in [9.17, 15) is 0 Å². The summed E-state index contributed by atoms with van der Waals surface area (Å²) < 4.78 is 0. The summed E-state index contributed by atoms with van der Waals surface area (Å²) in [7, 11) is 0. The van der Waals surface area contributed by atoms with Gasteiger partial charge in [-0.3, -0.25) is 0 Å². The molecule has 0 amide bonds. The molecule has 0 aromatic rings. The molecule has 0 saturated carbocycles. The normalized spacial score (nSPS) is 34.1. The molecule has 0 aromatic heterocycles. The zero-order valence-corrected chi connectivity index (χ0v) is 7.53. The van der Waals surface area contributed by atoms with Crippen LogP contribution in [0.4, 0.5) is 0 Å². The van der Waals surface area contributed by atoms with Gasteiger partial charge < -0.3 is 10.8 Å². The monoisotopic (exact) mass is 167 g/mol. The van der Waals surface area contributed by atoms with E-state index in [0.717, 1.165) is 12.8 Å². The van der Waals surface area contributed by atoms with Crippen molar-refractivity contribution >= 4 is 0 Å². The fraction of sp³-hybridized carbons (Fsp3) is 0.600. The predicted molar refractivity (Wildman–Crippen MR) is 50.7 cm³/mol. The van der Waals surface area contributed by atoms with Crippen molar-refractivity contribution in [3.05, 3.63) is 24.3 Å². The molecule has 0 saturated heterocycles. The third kappa shape index (κ3) is 2.19. The smallest absolute Gasteiger partial charge is 0.0431 e. The number of rotatable bonds is 3. The molecule has 1 aliphatic rings. The second kappa shape index (κ2) is 3.87. The van der Waals surface area contributed by atoms with Crippen LogP contribution in [0.3, 0.4) is 0 Å². The summed E-state index contributed by atoms with van der Waals surface area (Å²) in [5.74, 6) is 0.370. The van der Waals surface area contributed by atoms with Crippen molar-refractivity contribution < 1.29 is 5.11 Å². The van der Waals surface area contributed by atoms with Crippen LogP contribution >= 0.6 is 0 Å². The number of aliphatic hydroxyl groups excluding tert-OH is 1. The van der Waals surface area contributed by atoms with E-state index in [1.54, 1.807) is 0 Å². The van der Waals surface area contributed by atoms with Crippen molar-refractivity contribution in [2.75, 3.05) is 6.61 Å². The summed E-state index contributed by atoms with van der Waals surface area (Å²) >= 11 is 0. The van der Waals surface area contributed by atoms with Gasteiger partial charge in [-0.05, 0) is 25.7 Å². The second-order valence-electron chi connectivity index (χ2n) is 3.58. The molecule has 0 fully saturated rings. The SMILES string of the molecule is CC1(N)C=CC=CC1CCCO. The maximum Gasteiger partial charge on any atom is 0.0431 e. The van der Waals surface area contributed by atoms with Crippen molar-refractivity contribution in [1.82, 2.24) is 0 Å². The van der Waals surface area contributed by atoms with Crippen LogP contribution in [-0.2, 0) is 0 Å². The van der Waals surface area contributed by atoms with Crippen LogP contribution < -0.4 is 5.73 Å². The van der Waals surface area contributed by atoms with E-state index in [2.05, 4.69) is 6.08 Å². The van der Waals surface area contributed by atoms with Gasteiger partial charge in [0, 0.05) is 12.1 Å². The summed E-state index contributed by atoms with van der Waals surface area (Å²) in [6, 6.07) is 0. The first kappa shape index (κ1) is 9.49. The lowest BCUT2D eigenvalue weighted by Gasteiger charge is -2.31. The maximum absolute atomic E-state index is 8.68. The van der Waals surface area contributed by atoms with Crippen molar-refractivity contribution in [1.29, 1.82) is 0 Å². The molecule has 3 N–H and O–H groups in total. The molecule has 0 spiro atoms.